The molecule has 104 valence electrons. The molecule has 2 rings (SSSR count). The molecule has 4 nitrogen and oxygen atoms in total. The Labute approximate surface area is 126 Å². The summed E-state index contributed by atoms with van der Waals surface area (Å²) >= 11 is 1.19. The highest BCUT2D eigenvalue weighted by atomic mass is 32.1. The summed E-state index contributed by atoms with van der Waals surface area (Å²) in [5.74, 6) is 0. The lowest BCUT2D eigenvalue weighted by molar-refractivity contribution is 0.650. The third kappa shape index (κ3) is 3.10. The number of hydrogen-bond donors (Lipinski definition) is 0. The second kappa shape index (κ2) is 6.69. The lowest BCUT2D eigenvalue weighted by atomic mass is 10.2. The first kappa shape index (κ1) is 14.8. The van der Waals surface area contributed by atoms with Crippen molar-refractivity contribution in [3.05, 3.63) is 55.4 Å². The Kier molecular flexibility index (Phi) is 4.71. The molecule has 0 N–H and O–H groups in total. The van der Waals surface area contributed by atoms with Gasteiger partial charge in [0.25, 0.3) is 5.56 Å². The van der Waals surface area contributed by atoms with E-state index in [1.165, 1.54) is 15.9 Å². The zero-order valence-corrected chi connectivity index (χ0v) is 12.4. The first-order valence-corrected chi connectivity index (χ1v) is 7.33. The van der Waals surface area contributed by atoms with Crippen LogP contribution >= 0.6 is 11.3 Å². The lowest BCUT2D eigenvalue weighted by Crippen LogP contribution is -2.31. The molecule has 1 aromatic heterocycles. The predicted molar refractivity (Wildman–Crippen MR) is 82.8 cm³/mol. The first-order chi connectivity index (χ1) is 10.2. The highest BCUT2D eigenvalue weighted by molar-refractivity contribution is 7.07. The molecule has 0 spiro atoms. The largest absolute Gasteiger partial charge is 0.297 e. The summed E-state index contributed by atoms with van der Waals surface area (Å²) in [4.78, 5) is 12.4. The minimum atomic E-state index is -0.149. The highest BCUT2D eigenvalue weighted by Gasteiger charge is 2.08. The van der Waals surface area contributed by atoms with Gasteiger partial charge in [-0.2, -0.15) is 10.5 Å². The number of nitrogens with zero attached hydrogens (tertiary/aromatic N) is 3. The van der Waals surface area contributed by atoms with Crippen LogP contribution in [0.4, 0.5) is 0 Å². The zero-order chi connectivity index (χ0) is 15.2. The molecule has 0 saturated carbocycles. The topological polar surface area (TPSA) is 69.6 Å². The molecular formula is C16H13N3OS. The van der Waals surface area contributed by atoms with E-state index in [9.17, 15) is 4.79 Å². The summed E-state index contributed by atoms with van der Waals surface area (Å²) in [5, 5.41) is 18.1. The molecule has 0 saturated heterocycles. The van der Waals surface area contributed by atoms with E-state index >= 15 is 0 Å². The van der Waals surface area contributed by atoms with E-state index in [-0.39, 0.29) is 11.1 Å². The third-order valence-electron chi connectivity index (χ3n) is 2.89. The SMILES string of the molecule is CCCn1c(=C(C#N)C#N)s/c(=C/c2ccccc2)c1=O. The Bertz CT molecular complexity index is 876. The van der Waals surface area contributed by atoms with Gasteiger partial charge in [0.15, 0.2) is 5.57 Å². The van der Waals surface area contributed by atoms with E-state index in [1.54, 1.807) is 6.08 Å². The van der Waals surface area contributed by atoms with Crippen LogP contribution in [0.25, 0.3) is 11.6 Å². The van der Waals surface area contributed by atoms with Crippen molar-refractivity contribution in [2.24, 2.45) is 0 Å². The third-order valence-corrected chi connectivity index (χ3v) is 4.02. The van der Waals surface area contributed by atoms with Crippen LogP contribution in [-0.4, -0.2) is 4.57 Å². The second-order valence-electron chi connectivity index (χ2n) is 4.38. The zero-order valence-electron chi connectivity index (χ0n) is 11.5. The molecule has 0 fully saturated rings. The van der Waals surface area contributed by atoms with Crippen molar-refractivity contribution < 1.29 is 0 Å². The molecule has 0 aliphatic rings. The molecule has 0 amide bonds. The minimum Gasteiger partial charge on any atom is -0.297 e. The Balaban J connectivity index is 2.79. The van der Waals surface area contributed by atoms with Gasteiger partial charge in [0.05, 0.1) is 4.53 Å². The van der Waals surface area contributed by atoms with Gasteiger partial charge >= 0.3 is 0 Å². The molecule has 2 aromatic rings. The van der Waals surface area contributed by atoms with Crippen LogP contribution in [-0.2, 0) is 6.54 Å². The number of rotatable bonds is 3. The fourth-order valence-corrected chi connectivity index (χ4v) is 3.03. The Hall–Kier alpha value is -2.63. The monoisotopic (exact) mass is 295 g/mol. The van der Waals surface area contributed by atoms with Gasteiger partial charge in [0.1, 0.15) is 16.8 Å². The molecule has 5 heteroatoms. The van der Waals surface area contributed by atoms with E-state index in [0.29, 0.717) is 15.7 Å². The smallest absolute Gasteiger partial charge is 0.269 e. The molecule has 0 unspecified atom stereocenters. The van der Waals surface area contributed by atoms with Crippen molar-refractivity contribution in [3.63, 3.8) is 0 Å². The fraction of sp³-hybridized carbons (Fsp3) is 0.188. The molecule has 0 bridgehead atoms. The number of nitriles is 2. The Morgan fingerprint density at radius 3 is 2.52 bits per heavy atom. The van der Waals surface area contributed by atoms with Crippen LogP contribution in [0.1, 0.15) is 18.9 Å². The van der Waals surface area contributed by atoms with Crippen molar-refractivity contribution in [2.75, 3.05) is 0 Å². The van der Waals surface area contributed by atoms with Crippen molar-refractivity contribution in [2.45, 2.75) is 19.9 Å². The summed E-state index contributed by atoms with van der Waals surface area (Å²) in [6.45, 7) is 2.45. The minimum absolute atomic E-state index is 0.0155. The summed E-state index contributed by atoms with van der Waals surface area (Å²) < 4.78 is 2.49. The van der Waals surface area contributed by atoms with Gasteiger partial charge in [-0.15, -0.1) is 11.3 Å². The molecule has 0 atom stereocenters. The molecule has 0 aliphatic heterocycles. The summed E-state index contributed by atoms with van der Waals surface area (Å²) in [5.41, 5.74) is 0.753. The molecule has 21 heavy (non-hydrogen) atoms. The van der Waals surface area contributed by atoms with Gasteiger partial charge in [0.2, 0.25) is 0 Å². The van der Waals surface area contributed by atoms with Crippen LogP contribution in [0.5, 0.6) is 0 Å². The molecular weight excluding hydrogens is 282 g/mol. The maximum Gasteiger partial charge on any atom is 0.269 e. The van der Waals surface area contributed by atoms with Gasteiger partial charge in [-0.1, -0.05) is 37.3 Å². The summed E-state index contributed by atoms with van der Waals surface area (Å²) in [7, 11) is 0. The fourth-order valence-electron chi connectivity index (χ4n) is 1.95. The van der Waals surface area contributed by atoms with E-state index in [1.807, 2.05) is 49.4 Å². The van der Waals surface area contributed by atoms with Crippen LogP contribution in [0.3, 0.4) is 0 Å². The van der Waals surface area contributed by atoms with Crippen LogP contribution in [0, 0.1) is 22.7 Å². The average molecular weight is 295 g/mol. The van der Waals surface area contributed by atoms with Crippen LogP contribution in [0.15, 0.2) is 35.1 Å². The van der Waals surface area contributed by atoms with Gasteiger partial charge < -0.3 is 0 Å². The van der Waals surface area contributed by atoms with Gasteiger partial charge in [-0.3, -0.25) is 9.36 Å². The van der Waals surface area contributed by atoms with Gasteiger partial charge in [0, 0.05) is 6.54 Å². The molecule has 1 aromatic carbocycles. The van der Waals surface area contributed by atoms with E-state index in [4.69, 9.17) is 10.5 Å². The summed E-state index contributed by atoms with van der Waals surface area (Å²) in [6.07, 6.45) is 2.55. The molecule has 1 heterocycles. The van der Waals surface area contributed by atoms with E-state index in [0.717, 1.165) is 12.0 Å². The Morgan fingerprint density at radius 2 is 1.95 bits per heavy atom. The number of thiazole rings is 1. The van der Waals surface area contributed by atoms with Crippen molar-refractivity contribution >= 4 is 23.0 Å². The van der Waals surface area contributed by atoms with E-state index in [2.05, 4.69) is 0 Å². The van der Waals surface area contributed by atoms with Crippen molar-refractivity contribution in [3.8, 4) is 12.1 Å². The maximum absolute atomic E-state index is 12.4. The number of hydrogen-bond acceptors (Lipinski definition) is 4. The van der Waals surface area contributed by atoms with Crippen LogP contribution in [0.2, 0.25) is 0 Å². The lowest BCUT2D eigenvalue weighted by Gasteiger charge is -1.96. The van der Waals surface area contributed by atoms with E-state index < -0.39 is 0 Å². The first-order valence-electron chi connectivity index (χ1n) is 6.52. The van der Waals surface area contributed by atoms with Gasteiger partial charge in [-0.25, -0.2) is 0 Å². The number of aromatic nitrogens is 1. The van der Waals surface area contributed by atoms with Crippen molar-refractivity contribution in [1.29, 1.82) is 10.5 Å². The summed E-state index contributed by atoms with van der Waals surface area (Å²) in [6, 6.07) is 13.2. The molecule has 0 aliphatic carbocycles. The Morgan fingerprint density at radius 1 is 1.29 bits per heavy atom. The maximum atomic E-state index is 12.4. The standard InChI is InChI=1S/C16H13N3OS/c1-2-8-19-15(20)14(9-12-6-4-3-5-7-12)21-16(19)13(10-17)11-18/h3-7,9H,2,8H2,1H3/b14-9+. The normalized spacial score (nSPS) is 10.9. The van der Waals surface area contributed by atoms with Gasteiger partial charge in [-0.05, 0) is 18.1 Å². The quantitative estimate of drug-likeness (QED) is 0.858. The van der Waals surface area contributed by atoms with Crippen molar-refractivity contribution in [1.82, 2.24) is 4.57 Å². The number of benzene rings is 1. The molecule has 0 radical (unpaired) electrons. The second-order valence-corrected chi connectivity index (χ2v) is 5.41. The van der Waals surface area contributed by atoms with Crippen LogP contribution < -0.4 is 14.8 Å². The predicted octanol–water partition coefficient (Wildman–Crippen LogP) is 1.35. The highest BCUT2D eigenvalue weighted by Crippen LogP contribution is 1.99. The average Bonchev–Trinajstić information content (AvgIpc) is 2.80.